The third-order valence-corrected chi connectivity index (χ3v) is 5.40. The van der Waals surface area contributed by atoms with Gasteiger partial charge in [-0.1, -0.05) is 0 Å². The molecule has 0 aliphatic carbocycles. The minimum absolute atomic E-state index is 0.0485. The van der Waals surface area contributed by atoms with Crippen molar-refractivity contribution in [1.82, 2.24) is 14.5 Å². The van der Waals surface area contributed by atoms with Crippen LogP contribution in [0.2, 0.25) is 0 Å². The zero-order chi connectivity index (χ0) is 13.0. The summed E-state index contributed by atoms with van der Waals surface area (Å²) in [5.41, 5.74) is 5.40. The van der Waals surface area contributed by atoms with Crippen molar-refractivity contribution in [3.05, 3.63) is 12.4 Å². The van der Waals surface area contributed by atoms with E-state index in [1.807, 2.05) is 0 Å². The van der Waals surface area contributed by atoms with Crippen LogP contribution in [0.4, 0.5) is 0 Å². The summed E-state index contributed by atoms with van der Waals surface area (Å²) < 4.78 is 28.5. The molecule has 1 aliphatic heterocycles. The number of thioether (sulfide) groups is 1. The molecular weight excluding hydrogens is 272 g/mol. The third kappa shape index (κ3) is 3.47. The Hall–Kier alpha value is -0.570. The third-order valence-electron chi connectivity index (χ3n) is 2.76. The molecular formula is C10H18N4O2S2. The maximum absolute atomic E-state index is 12.1. The van der Waals surface area contributed by atoms with Crippen LogP contribution in [0, 0.1) is 0 Å². The topological polar surface area (TPSA) is 90.0 Å². The number of aromatic nitrogens is 2. The number of nitrogens with zero attached hydrogens (tertiary/aromatic N) is 2. The summed E-state index contributed by atoms with van der Waals surface area (Å²) in [6.45, 7) is 1.21. The molecule has 6 nitrogen and oxygen atoms in total. The number of aryl methyl sites for hydroxylation is 1. The average Bonchev–Trinajstić information content (AvgIpc) is 2.96. The molecule has 1 aromatic heterocycles. The molecule has 0 amide bonds. The van der Waals surface area contributed by atoms with Crippen LogP contribution in [-0.2, 0) is 16.6 Å². The number of nitrogens with one attached hydrogen (secondary N) is 1. The van der Waals surface area contributed by atoms with Gasteiger partial charge in [-0.15, -0.1) is 0 Å². The lowest BCUT2D eigenvalue weighted by molar-refractivity contribution is 0.561. The standard InChI is InChI=1S/C10H18N4O2S2/c11-3-1-4-14-7-10(6-12-14)18(15,16)13-9-2-5-17-8-9/h6-7,9,13H,1-5,8,11H2. The molecule has 102 valence electrons. The Bertz CT molecular complexity index is 480. The Morgan fingerprint density at radius 3 is 3.11 bits per heavy atom. The van der Waals surface area contributed by atoms with E-state index in [1.54, 1.807) is 22.6 Å². The minimum atomic E-state index is -3.43. The zero-order valence-electron chi connectivity index (χ0n) is 10.1. The predicted octanol–water partition coefficient (Wildman–Crippen LogP) is 0.0157. The van der Waals surface area contributed by atoms with Crippen molar-refractivity contribution in [3.8, 4) is 0 Å². The number of nitrogens with two attached hydrogens (primary N) is 1. The van der Waals surface area contributed by atoms with Crippen LogP contribution >= 0.6 is 11.8 Å². The Morgan fingerprint density at radius 1 is 1.61 bits per heavy atom. The average molecular weight is 290 g/mol. The molecule has 2 heterocycles. The number of sulfonamides is 1. The quantitative estimate of drug-likeness (QED) is 0.770. The van der Waals surface area contributed by atoms with E-state index < -0.39 is 10.0 Å². The zero-order valence-corrected chi connectivity index (χ0v) is 11.7. The van der Waals surface area contributed by atoms with Gasteiger partial charge in [0.2, 0.25) is 10.0 Å². The van der Waals surface area contributed by atoms with Crippen LogP contribution < -0.4 is 10.5 Å². The van der Waals surface area contributed by atoms with Crippen molar-refractivity contribution in [2.75, 3.05) is 18.1 Å². The summed E-state index contributed by atoms with van der Waals surface area (Å²) in [6.07, 6.45) is 4.63. The number of hydrogen-bond acceptors (Lipinski definition) is 5. The molecule has 1 aromatic rings. The second-order valence-electron chi connectivity index (χ2n) is 4.26. The second kappa shape index (κ2) is 6.05. The highest BCUT2D eigenvalue weighted by atomic mass is 32.2. The van der Waals surface area contributed by atoms with Crippen molar-refractivity contribution in [2.45, 2.75) is 30.3 Å². The van der Waals surface area contributed by atoms with Gasteiger partial charge in [0.25, 0.3) is 0 Å². The second-order valence-corrected chi connectivity index (χ2v) is 7.13. The van der Waals surface area contributed by atoms with Crippen LogP contribution in [0.1, 0.15) is 12.8 Å². The molecule has 1 atom stereocenters. The van der Waals surface area contributed by atoms with E-state index in [0.717, 1.165) is 24.3 Å². The van der Waals surface area contributed by atoms with Gasteiger partial charge < -0.3 is 5.73 Å². The van der Waals surface area contributed by atoms with Gasteiger partial charge in [-0.05, 0) is 25.1 Å². The molecule has 3 N–H and O–H groups in total. The van der Waals surface area contributed by atoms with Crippen LogP contribution in [0.5, 0.6) is 0 Å². The summed E-state index contributed by atoms with van der Waals surface area (Å²) >= 11 is 1.77. The Morgan fingerprint density at radius 2 is 2.44 bits per heavy atom. The first kappa shape index (κ1) is 13.9. The molecule has 1 fully saturated rings. The maximum Gasteiger partial charge on any atom is 0.243 e. The van der Waals surface area contributed by atoms with Crippen molar-refractivity contribution in [1.29, 1.82) is 0 Å². The summed E-state index contributed by atoms with van der Waals surface area (Å²) in [5, 5.41) is 4.03. The van der Waals surface area contributed by atoms with Crippen LogP contribution in [0.25, 0.3) is 0 Å². The molecule has 18 heavy (non-hydrogen) atoms. The van der Waals surface area contributed by atoms with E-state index in [4.69, 9.17) is 5.73 Å². The van der Waals surface area contributed by atoms with E-state index >= 15 is 0 Å². The molecule has 0 saturated carbocycles. The highest BCUT2D eigenvalue weighted by Gasteiger charge is 2.24. The van der Waals surface area contributed by atoms with Gasteiger partial charge in [0.05, 0.1) is 6.20 Å². The molecule has 8 heteroatoms. The lowest BCUT2D eigenvalue weighted by Crippen LogP contribution is -2.34. The summed E-state index contributed by atoms with van der Waals surface area (Å²) in [5.74, 6) is 1.86. The number of rotatable bonds is 6. The van der Waals surface area contributed by atoms with Crippen LogP contribution in [-0.4, -0.2) is 42.3 Å². The smallest absolute Gasteiger partial charge is 0.243 e. The largest absolute Gasteiger partial charge is 0.330 e. The van der Waals surface area contributed by atoms with Gasteiger partial charge in [0, 0.05) is 24.5 Å². The number of hydrogen-bond donors (Lipinski definition) is 2. The van der Waals surface area contributed by atoms with Gasteiger partial charge in [-0.3, -0.25) is 4.68 Å². The fourth-order valence-corrected chi connectivity index (χ4v) is 4.25. The van der Waals surface area contributed by atoms with Crippen LogP contribution in [0.3, 0.4) is 0 Å². The Labute approximate surface area is 111 Å². The first-order valence-electron chi connectivity index (χ1n) is 5.94. The van der Waals surface area contributed by atoms with E-state index in [9.17, 15) is 8.42 Å². The summed E-state index contributed by atoms with van der Waals surface area (Å²) in [6, 6.07) is 0.0485. The maximum atomic E-state index is 12.1. The fourth-order valence-electron chi connectivity index (χ4n) is 1.77. The van der Waals surface area contributed by atoms with E-state index in [1.165, 1.54) is 6.20 Å². The predicted molar refractivity (Wildman–Crippen MR) is 71.9 cm³/mol. The molecule has 0 aromatic carbocycles. The first-order valence-corrected chi connectivity index (χ1v) is 8.58. The normalized spacial score (nSPS) is 20.4. The first-order chi connectivity index (χ1) is 8.62. The van der Waals surface area contributed by atoms with Gasteiger partial charge in [0.15, 0.2) is 0 Å². The molecule has 0 bridgehead atoms. The Kier molecular flexibility index (Phi) is 4.66. The van der Waals surface area contributed by atoms with Crippen molar-refractivity contribution >= 4 is 21.8 Å². The van der Waals surface area contributed by atoms with E-state index in [-0.39, 0.29) is 10.9 Å². The molecule has 0 spiro atoms. The van der Waals surface area contributed by atoms with Gasteiger partial charge >= 0.3 is 0 Å². The highest BCUT2D eigenvalue weighted by Crippen LogP contribution is 2.19. The molecule has 1 saturated heterocycles. The summed E-state index contributed by atoms with van der Waals surface area (Å²) in [4.78, 5) is 0.233. The molecule has 1 aliphatic rings. The minimum Gasteiger partial charge on any atom is -0.330 e. The summed E-state index contributed by atoms with van der Waals surface area (Å²) in [7, 11) is -3.43. The van der Waals surface area contributed by atoms with E-state index in [2.05, 4.69) is 9.82 Å². The van der Waals surface area contributed by atoms with E-state index in [0.29, 0.717) is 13.1 Å². The van der Waals surface area contributed by atoms with Crippen molar-refractivity contribution in [2.24, 2.45) is 5.73 Å². The van der Waals surface area contributed by atoms with Gasteiger partial charge in [-0.25, -0.2) is 13.1 Å². The fraction of sp³-hybridized carbons (Fsp3) is 0.700. The molecule has 0 radical (unpaired) electrons. The van der Waals surface area contributed by atoms with Crippen molar-refractivity contribution in [3.63, 3.8) is 0 Å². The Balaban J connectivity index is 2.02. The molecule has 1 unspecified atom stereocenters. The monoisotopic (exact) mass is 290 g/mol. The van der Waals surface area contributed by atoms with Crippen molar-refractivity contribution < 1.29 is 8.42 Å². The molecule has 2 rings (SSSR count). The lowest BCUT2D eigenvalue weighted by Gasteiger charge is -2.10. The van der Waals surface area contributed by atoms with Crippen LogP contribution in [0.15, 0.2) is 17.3 Å². The van der Waals surface area contributed by atoms with Gasteiger partial charge in [-0.2, -0.15) is 16.9 Å². The SMILES string of the molecule is NCCCn1cc(S(=O)(=O)NC2CCSC2)cn1. The van der Waals surface area contributed by atoms with Gasteiger partial charge in [0.1, 0.15) is 4.90 Å². The highest BCUT2D eigenvalue weighted by molar-refractivity contribution is 7.99. The lowest BCUT2D eigenvalue weighted by atomic mass is 10.3.